The second-order valence-corrected chi connectivity index (χ2v) is 3.73. The van der Waals surface area contributed by atoms with Gasteiger partial charge in [0.15, 0.2) is 0 Å². The average Bonchev–Trinajstić information content (AvgIpc) is 2.33. The number of nitrogens with zero attached hydrogens (tertiary/aromatic N) is 1. The van der Waals surface area contributed by atoms with Crippen molar-refractivity contribution in [3.8, 4) is 6.07 Å². The molecular weight excluding hydrogens is 234 g/mol. The Morgan fingerprint density at radius 3 is 2.61 bits per heavy atom. The predicted molar refractivity (Wildman–Crippen MR) is 66.5 cm³/mol. The molecular formula is C12H19N3O3. The summed E-state index contributed by atoms with van der Waals surface area (Å²) in [6.07, 6.45) is 4.38. The maximum absolute atomic E-state index is 11.4. The van der Waals surface area contributed by atoms with Gasteiger partial charge in [0.2, 0.25) is 0 Å². The second kappa shape index (κ2) is 10.1. The van der Waals surface area contributed by atoms with Crippen molar-refractivity contribution in [2.45, 2.75) is 32.6 Å². The van der Waals surface area contributed by atoms with Crippen LogP contribution in [0.15, 0.2) is 11.8 Å². The van der Waals surface area contributed by atoms with Gasteiger partial charge in [-0.25, -0.2) is 0 Å². The Morgan fingerprint density at radius 2 is 2.06 bits per heavy atom. The van der Waals surface area contributed by atoms with Crippen LogP contribution in [-0.2, 0) is 9.59 Å². The minimum atomic E-state index is -0.990. The molecule has 0 rings (SSSR count). The van der Waals surface area contributed by atoms with Gasteiger partial charge >= 0.3 is 5.97 Å². The summed E-state index contributed by atoms with van der Waals surface area (Å²) in [5.41, 5.74) is -0.0445. The Kier molecular flexibility index (Phi) is 9.00. The number of rotatable bonds is 9. The number of nitrogens with one attached hydrogen (secondary N) is 2. The molecule has 0 spiro atoms. The third kappa shape index (κ3) is 8.16. The fourth-order valence-corrected chi connectivity index (χ4v) is 1.18. The van der Waals surface area contributed by atoms with Crippen molar-refractivity contribution >= 4 is 11.9 Å². The lowest BCUT2D eigenvalue weighted by atomic mass is 10.2. The maximum atomic E-state index is 11.4. The summed E-state index contributed by atoms with van der Waals surface area (Å²) in [5.74, 6) is -1.54. The largest absolute Gasteiger partial charge is 0.481 e. The summed E-state index contributed by atoms with van der Waals surface area (Å²) in [7, 11) is 0. The standard InChI is InChI=1S/C12H19N3O3/c1-2-3-4-6-14-9-10(8-13)12(18)15-7-5-11(16)17/h9,14H,2-7H2,1H3,(H,15,18)(H,16,17)/b10-9-. The molecule has 6 nitrogen and oxygen atoms in total. The van der Waals surface area contributed by atoms with Gasteiger partial charge < -0.3 is 15.7 Å². The second-order valence-electron chi connectivity index (χ2n) is 3.73. The third-order valence-corrected chi connectivity index (χ3v) is 2.16. The normalized spacial score (nSPS) is 10.6. The Hall–Kier alpha value is -2.03. The topological polar surface area (TPSA) is 102 Å². The Labute approximate surface area is 107 Å². The molecule has 0 radical (unpaired) electrons. The van der Waals surface area contributed by atoms with E-state index >= 15 is 0 Å². The summed E-state index contributed by atoms with van der Waals surface area (Å²) < 4.78 is 0. The highest BCUT2D eigenvalue weighted by atomic mass is 16.4. The van der Waals surface area contributed by atoms with Gasteiger partial charge in [-0.1, -0.05) is 19.8 Å². The molecule has 0 unspecified atom stereocenters. The first kappa shape index (κ1) is 16.0. The molecule has 1 amide bonds. The quantitative estimate of drug-likeness (QED) is 0.320. The van der Waals surface area contributed by atoms with Gasteiger partial charge in [0.25, 0.3) is 5.91 Å². The van der Waals surface area contributed by atoms with Gasteiger partial charge in [-0.3, -0.25) is 9.59 Å². The maximum Gasteiger partial charge on any atom is 0.305 e. The Balaban J connectivity index is 3.99. The third-order valence-electron chi connectivity index (χ3n) is 2.16. The van der Waals surface area contributed by atoms with Crippen molar-refractivity contribution < 1.29 is 14.7 Å². The van der Waals surface area contributed by atoms with Crippen molar-refractivity contribution in [3.63, 3.8) is 0 Å². The van der Waals surface area contributed by atoms with Crippen molar-refractivity contribution in [2.24, 2.45) is 0 Å². The van der Waals surface area contributed by atoms with Crippen LogP contribution in [0.3, 0.4) is 0 Å². The fourth-order valence-electron chi connectivity index (χ4n) is 1.18. The lowest BCUT2D eigenvalue weighted by Crippen LogP contribution is -2.28. The molecule has 0 saturated carbocycles. The fraction of sp³-hybridized carbons (Fsp3) is 0.583. The molecule has 0 aromatic carbocycles. The van der Waals surface area contributed by atoms with Crippen LogP contribution in [0.4, 0.5) is 0 Å². The molecule has 0 atom stereocenters. The summed E-state index contributed by atoms with van der Waals surface area (Å²) in [6, 6.07) is 1.77. The molecule has 18 heavy (non-hydrogen) atoms. The lowest BCUT2D eigenvalue weighted by Gasteiger charge is -2.03. The number of aliphatic carboxylic acids is 1. The molecule has 0 aliphatic carbocycles. The highest BCUT2D eigenvalue weighted by Crippen LogP contribution is 1.93. The van der Waals surface area contributed by atoms with Crippen molar-refractivity contribution in [3.05, 3.63) is 11.8 Å². The lowest BCUT2D eigenvalue weighted by molar-refractivity contribution is -0.136. The zero-order valence-corrected chi connectivity index (χ0v) is 10.5. The Bertz CT molecular complexity index is 345. The zero-order valence-electron chi connectivity index (χ0n) is 10.5. The smallest absolute Gasteiger partial charge is 0.305 e. The van der Waals surface area contributed by atoms with Crippen LogP contribution in [0.2, 0.25) is 0 Å². The van der Waals surface area contributed by atoms with Crippen LogP contribution in [0.25, 0.3) is 0 Å². The highest BCUT2D eigenvalue weighted by Gasteiger charge is 2.08. The predicted octanol–water partition coefficient (Wildman–Crippen LogP) is 0.765. The van der Waals surface area contributed by atoms with Crippen LogP contribution >= 0.6 is 0 Å². The minimum Gasteiger partial charge on any atom is -0.481 e. The van der Waals surface area contributed by atoms with Gasteiger partial charge in [0.05, 0.1) is 6.42 Å². The first-order valence-electron chi connectivity index (χ1n) is 5.95. The number of hydrogen-bond acceptors (Lipinski definition) is 4. The van der Waals surface area contributed by atoms with Gasteiger partial charge in [0, 0.05) is 19.3 Å². The monoisotopic (exact) mass is 253 g/mol. The number of nitriles is 1. The number of hydrogen-bond donors (Lipinski definition) is 3. The van der Waals surface area contributed by atoms with Gasteiger partial charge in [-0.15, -0.1) is 0 Å². The van der Waals surface area contributed by atoms with Crippen LogP contribution in [0.1, 0.15) is 32.6 Å². The average molecular weight is 253 g/mol. The molecule has 0 heterocycles. The molecule has 0 aromatic heterocycles. The number of carbonyl (C=O) groups excluding carboxylic acids is 1. The SMILES string of the molecule is CCCCCN/C=C(/C#N)C(=O)NCCC(=O)O. The van der Waals surface area contributed by atoms with E-state index in [0.717, 1.165) is 19.3 Å². The number of carboxylic acid groups (broad SMARTS) is 1. The molecule has 6 heteroatoms. The van der Waals surface area contributed by atoms with Gasteiger partial charge in [0.1, 0.15) is 11.6 Å². The number of amides is 1. The molecule has 0 bridgehead atoms. The van der Waals surface area contributed by atoms with E-state index in [1.807, 2.05) is 0 Å². The number of carbonyl (C=O) groups is 2. The first-order chi connectivity index (χ1) is 8.61. The first-order valence-corrected chi connectivity index (χ1v) is 5.95. The summed E-state index contributed by atoms with van der Waals surface area (Å²) >= 11 is 0. The Morgan fingerprint density at radius 1 is 1.33 bits per heavy atom. The van der Waals surface area contributed by atoms with E-state index < -0.39 is 11.9 Å². The van der Waals surface area contributed by atoms with E-state index in [0.29, 0.717) is 6.54 Å². The van der Waals surface area contributed by atoms with Crippen molar-refractivity contribution in [1.29, 1.82) is 5.26 Å². The van der Waals surface area contributed by atoms with Crippen LogP contribution in [-0.4, -0.2) is 30.1 Å². The zero-order chi connectivity index (χ0) is 13.8. The molecule has 100 valence electrons. The van der Waals surface area contributed by atoms with Crippen molar-refractivity contribution in [2.75, 3.05) is 13.1 Å². The molecule has 0 aromatic rings. The van der Waals surface area contributed by atoms with Crippen LogP contribution in [0, 0.1) is 11.3 Å². The molecule has 0 saturated heterocycles. The van der Waals surface area contributed by atoms with Gasteiger partial charge in [-0.2, -0.15) is 5.26 Å². The minimum absolute atomic E-state index is 0.0169. The van der Waals surface area contributed by atoms with Crippen LogP contribution < -0.4 is 10.6 Å². The molecule has 0 aliphatic heterocycles. The van der Waals surface area contributed by atoms with E-state index in [9.17, 15) is 9.59 Å². The molecule has 3 N–H and O–H groups in total. The van der Waals surface area contributed by atoms with Gasteiger partial charge in [-0.05, 0) is 6.42 Å². The van der Waals surface area contributed by atoms with E-state index in [4.69, 9.17) is 10.4 Å². The highest BCUT2D eigenvalue weighted by molar-refractivity contribution is 5.97. The summed E-state index contributed by atoms with van der Waals surface area (Å²) in [5, 5.41) is 22.4. The summed E-state index contributed by atoms with van der Waals surface area (Å²) in [6.45, 7) is 2.82. The number of carboxylic acids is 1. The number of unbranched alkanes of at least 4 members (excludes halogenated alkanes) is 2. The van der Waals surface area contributed by atoms with Crippen molar-refractivity contribution in [1.82, 2.24) is 10.6 Å². The molecule has 0 fully saturated rings. The van der Waals surface area contributed by atoms with E-state index in [1.165, 1.54) is 6.20 Å². The van der Waals surface area contributed by atoms with E-state index in [2.05, 4.69) is 17.6 Å². The van der Waals surface area contributed by atoms with E-state index in [-0.39, 0.29) is 18.5 Å². The van der Waals surface area contributed by atoms with Crippen LogP contribution in [0.5, 0.6) is 0 Å². The summed E-state index contributed by atoms with van der Waals surface area (Å²) in [4.78, 5) is 21.7. The molecule has 0 aliphatic rings. The van der Waals surface area contributed by atoms with E-state index in [1.54, 1.807) is 6.07 Å².